The monoisotopic (exact) mass is 348 g/mol. The maximum Gasteiger partial charge on any atom is 0.253 e. The van der Waals surface area contributed by atoms with Crippen LogP contribution in [-0.2, 0) is 4.79 Å². The van der Waals surface area contributed by atoms with Gasteiger partial charge in [-0.25, -0.2) is 4.98 Å². The van der Waals surface area contributed by atoms with Crippen LogP contribution >= 0.6 is 0 Å². The Balaban J connectivity index is 1.57. The van der Waals surface area contributed by atoms with Gasteiger partial charge in [0.1, 0.15) is 12.1 Å². The van der Waals surface area contributed by atoms with Gasteiger partial charge in [-0.15, -0.1) is 0 Å². The summed E-state index contributed by atoms with van der Waals surface area (Å²) in [6, 6.07) is 12.7. The maximum absolute atomic E-state index is 12.4. The Morgan fingerprint density at radius 1 is 1.15 bits per heavy atom. The smallest absolute Gasteiger partial charge is 0.253 e. The summed E-state index contributed by atoms with van der Waals surface area (Å²) in [7, 11) is 0. The summed E-state index contributed by atoms with van der Waals surface area (Å²) < 4.78 is 0. The Morgan fingerprint density at radius 3 is 2.42 bits per heavy atom. The van der Waals surface area contributed by atoms with E-state index in [0.29, 0.717) is 31.5 Å². The highest BCUT2D eigenvalue weighted by Gasteiger charge is 2.28. The Hall–Kier alpha value is -3.65. The second-order valence-corrected chi connectivity index (χ2v) is 5.95. The predicted octanol–water partition coefficient (Wildman–Crippen LogP) is 1.64. The second kappa shape index (κ2) is 7.49. The van der Waals surface area contributed by atoms with E-state index in [2.05, 4.69) is 15.3 Å². The van der Waals surface area contributed by atoms with Crippen molar-refractivity contribution in [3.05, 3.63) is 47.3 Å². The average molecular weight is 348 g/mol. The molecule has 0 atom stereocenters. The van der Waals surface area contributed by atoms with E-state index in [1.807, 2.05) is 24.3 Å². The number of hydrogen-bond donors (Lipinski definition) is 2. The fourth-order valence-corrected chi connectivity index (χ4v) is 2.92. The predicted molar refractivity (Wildman–Crippen MR) is 91.7 cm³/mol. The van der Waals surface area contributed by atoms with E-state index < -0.39 is 0 Å². The highest BCUT2D eigenvalue weighted by atomic mass is 16.2. The van der Waals surface area contributed by atoms with Crippen molar-refractivity contribution in [1.29, 1.82) is 10.5 Å². The fraction of sp³-hybridized carbons (Fsp3) is 0.278. The van der Waals surface area contributed by atoms with E-state index in [4.69, 9.17) is 10.5 Å². The highest BCUT2D eigenvalue weighted by molar-refractivity contribution is 5.95. The molecule has 0 aliphatic carbocycles. The summed E-state index contributed by atoms with van der Waals surface area (Å²) in [6.45, 7) is 0.994. The van der Waals surface area contributed by atoms with E-state index in [-0.39, 0.29) is 35.1 Å². The number of piperidine rings is 1. The summed E-state index contributed by atoms with van der Waals surface area (Å²) in [5, 5.41) is 20.4. The summed E-state index contributed by atoms with van der Waals surface area (Å²) in [5.74, 6) is -0.436. The van der Waals surface area contributed by atoms with Gasteiger partial charge in [0.2, 0.25) is 11.9 Å². The number of anilines is 1. The van der Waals surface area contributed by atoms with Gasteiger partial charge >= 0.3 is 0 Å². The molecule has 1 aromatic heterocycles. The van der Waals surface area contributed by atoms with Crippen LogP contribution in [0.5, 0.6) is 0 Å². The summed E-state index contributed by atoms with van der Waals surface area (Å²) in [6.07, 6.45) is 1.09. The number of carbonyl (C=O) groups is 2. The van der Waals surface area contributed by atoms with Gasteiger partial charge in [0.05, 0.1) is 0 Å². The molecule has 8 nitrogen and oxygen atoms in total. The molecule has 2 N–H and O–H groups in total. The van der Waals surface area contributed by atoms with Crippen molar-refractivity contribution in [2.45, 2.75) is 12.8 Å². The Labute approximate surface area is 150 Å². The first kappa shape index (κ1) is 17.2. The normalized spacial score (nSPS) is 14.3. The zero-order valence-corrected chi connectivity index (χ0v) is 13.9. The zero-order chi connectivity index (χ0) is 18.5. The molecule has 0 unspecified atom stereocenters. The maximum atomic E-state index is 12.4. The first-order chi connectivity index (χ1) is 12.6. The van der Waals surface area contributed by atoms with Gasteiger partial charge in [0.15, 0.2) is 11.4 Å². The molecule has 26 heavy (non-hydrogen) atoms. The van der Waals surface area contributed by atoms with Crippen LogP contribution in [0.15, 0.2) is 30.3 Å². The average Bonchev–Trinajstić information content (AvgIpc) is 3.10. The quantitative estimate of drug-likeness (QED) is 0.872. The molecule has 3 rings (SSSR count). The first-order valence-electron chi connectivity index (χ1n) is 8.17. The van der Waals surface area contributed by atoms with Gasteiger partial charge < -0.3 is 9.88 Å². The fourth-order valence-electron chi connectivity index (χ4n) is 2.92. The van der Waals surface area contributed by atoms with Crippen molar-refractivity contribution in [2.24, 2.45) is 5.92 Å². The molecule has 2 heterocycles. The lowest BCUT2D eigenvalue weighted by atomic mass is 9.95. The van der Waals surface area contributed by atoms with Gasteiger partial charge in [-0.3, -0.25) is 14.9 Å². The lowest BCUT2D eigenvalue weighted by Crippen LogP contribution is -2.41. The first-order valence-corrected chi connectivity index (χ1v) is 8.17. The van der Waals surface area contributed by atoms with Crippen LogP contribution in [0.2, 0.25) is 0 Å². The molecule has 1 aliphatic heterocycles. The molecule has 2 amide bonds. The number of rotatable bonds is 3. The van der Waals surface area contributed by atoms with E-state index in [9.17, 15) is 9.59 Å². The molecule has 8 heteroatoms. The molecule has 1 saturated heterocycles. The van der Waals surface area contributed by atoms with Crippen LogP contribution in [0.4, 0.5) is 5.95 Å². The van der Waals surface area contributed by atoms with Crippen molar-refractivity contribution >= 4 is 17.8 Å². The van der Waals surface area contributed by atoms with E-state index in [0.717, 1.165) is 0 Å². The van der Waals surface area contributed by atoms with Crippen LogP contribution in [0.1, 0.15) is 34.6 Å². The summed E-state index contributed by atoms with van der Waals surface area (Å²) >= 11 is 0. The third kappa shape index (κ3) is 3.55. The number of aromatic nitrogens is 2. The summed E-state index contributed by atoms with van der Waals surface area (Å²) in [5.41, 5.74) is 0.608. The molecule has 0 spiro atoms. The third-order valence-electron chi connectivity index (χ3n) is 4.34. The minimum absolute atomic E-state index is 0.0195. The Morgan fingerprint density at radius 2 is 1.85 bits per heavy atom. The molecular formula is C18H16N6O2. The number of hydrogen-bond acceptors (Lipinski definition) is 5. The van der Waals surface area contributed by atoms with Crippen LogP contribution in [-0.4, -0.2) is 39.8 Å². The van der Waals surface area contributed by atoms with Crippen LogP contribution in [0.25, 0.3) is 0 Å². The Kier molecular flexibility index (Phi) is 4.95. The van der Waals surface area contributed by atoms with Gasteiger partial charge in [-0.2, -0.15) is 10.5 Å². The van der Waals surface area contributed by atoms with Crippen molar-refractivity contribution in [3.8, 4) is 12.1 Å². The van der Waals surface area contributed by atoms with E-state index >= 15 is 0 Å². The number of amides is 2. The summed E-state index contributed by atoms with van der Waals surface area (Å²) in [4.78, 5) is 33.0. The lowest BCUT2D eigenvalue weighted by molar-refractivity contribution is -0.121. The second-order valence-electron chi connectivity index (χ2n) is 5.95. The highest BCUT2D eigenvalue weighted by Crippen LogP contribution is 2.21. The minimum atomic E-state index is -0.254. The zero-order valence-electron chi connectivity index (χ0n) is 13.9. The molecule has 1 aromatic carbocycles. The number of likely N-dealkylation sites (tertiary alicyclic amines) is 1. The number of aromatic amines is 1. The van der Waals surface area contributed by atoms with Crippen molar-refractivity contribution in [2.75, 3.05) is 18.4 Å². The van der Waals surface area contributed by atoms with Crippen LogP contribution in [0.3, 0.4) is 0 Å². The van der Waals surface area contributed by atoms with Crippen molar-refractivity contribution < 1.29 is 9.59 Å². The largest absolute Gasteiger partial charge is 0.339 e. The van der Waals surface area contributed by atoms with E-state index in [1.165, 1.54) is 0 Å². The number of nitriles is 2. The molecular weight excluding hydrogens is 332 g/mol. The van der Waals surface area contributed by atoms with Crippen molar-refractivity contribution in [3.63, 3.8) is 0 Å². The molecule has 1 aliphatic rings. The van der Waals surface area contributed by atoms with Gasteiger partial charge in [0.25, 0.3) is 5.91 Å². The van der Waals surface area contributed by atoms with Crippen LogP contribution in [0, 0.1) is 28.6 Å². The molecule has 130 valence electrons. The minimum Gasteiger partial charge on any atom is -0.339 e. The number of carbonyl (C=O) groups excluding carboxylic acids is 2. The molecule has 0 bridgehead atoms. The number of nitrogens with one attached hydrogen (secondary N) is 2. The van der Waals surface area contributed by atoms with Gasteiger partial charge in [0, 0.05) is 24.6 Å². The number of imidazole rings is 1. The van der Waals surface area contributed by atoms with Gasteiger partial charge in [-0.1, -0.05) is 18.2 Å². The Bertz CT molecular complexity index is 866. The van der Waals surface area contributed by atoms with E-state index in [1.54, 1.807) is 23.1 Å². The molecule has 1 fully saturated rings. The van der Waals surface area contributed by atoms with Crippen molar-refractivity contribution in [1.82, 2.24) is 14.9 Å². The van der Waals surface area contributed by atoms with Gasteiger partial charge in [-0.05, 0) is 25.0 Å². The third-order valence-corrected chi connectivity index (χ3v) is 4.34. The molecule has 2 aromatic rings. The topological polar surface area (TPSA) is 126 Å². The number of nitrogens with zero attached hydrogens (tertiary/aromatic N) is 4. The lowest BCUT2D eigenvalue weighted by Gasteiger charge is -2.31. The molecule has 0 radical (unpaired) electrons. The standard InChI is InChI=1S/C18H16N6O2/c19-10-14-15(11-20)22-18(21-14)23-16(25)12-6-8-24(9-7-12)17(26)13-4-2-1-3-5-13/h1-5,12H,6-9H2,(H2,21,22,23,25). The molecule has 0 saturated carbocycles. The number of benzene rings is 1. The number of H-pyrrole nitrogens is 1. The SMILES string of the molecule is N#Cc1nc(NC(=O)C2CCN(C(=O)c3ccccc3)CC2)[nH]c1C#N. The van der Waals surface area contributed by atoms with Crippen LogP contribution < -0.4 is 5.32 Å².